The van der Waals surface area contributed by atoms with Crippen molar-refractivity contribution >= 4 is 11.8 Å². The summed E-state index contributed by atoms with van der Waals surface area (Å²) in [5, 5.41) is 11.9. The van der Waals surface area contributed by atoms with Gasteiger partial charge in [0.15, 0.2) is 5.69 Å². The number of aryl methyl sites for hydroxylation is 1. The molecule has 0 bridgehead atoms. The lowest BCUT2D eigenvalue weighted by molar-refractivity contribution is -0.134. The maximum atomic E-state index is 14.1. The zero-order valence-electron chi connectivity index (χ0n) is 16.6. The molecule has 4 heterocycles. The van der Waals surface area contributed by atoms with Crippen LogP contribution >= 0.6 is 0 Å². The van der Waals surface area contributed by atoms with E-state index in [0.717, 1.165) is 5.69 Å². The number of amides is 2. The van der Waals surface area contributed by atoms with Gasteiger partial charge in [0.05, 0.1) is 44.2 Å². The zero-order valence-corrected chi connectivity index (χ0v) is 16.6. The molecule has 2 aliphatic rings. The van der Waals surface area contributed by atoms with Crippen LogP contribution in [0, 0.1) is 6.92 Å². The monoisotopic (exact) mass is 423 g/mol. The minimum absolute atomic E-state index is 0.0306. The van der Waals surface area contributed by atoms with Crippen LogP contribution in [0.1, 0.15) is 22.6 Å². The molecule has 0 radical (unpaired) electrons. The lowest BCUT2D eigenvalue weighted by Crippen LogP contribution is -2.41. The average molecular weight is 423 g/mol. The summed E-state index contributed by atoms with van der Waals surface area (Å²) in [4.78, 5) is 27.9. The second-order valence-electron chi connectivity index (χ2n) is 7.62. The van der Waals surface area contributed by atoms with Crippen molar-refractivity contribution in [3.05, 3.63) is 29.8 Å². The number of aromatic nitrogens is 5. The van der Waals surface area contributed by atoms with Gasteiger partial charge in [-0.2, -0.15) is 5.10 Å². The summed E-state index contributed by atoms with van der Waals surface area (Å²) in [6.45, 7) is 2.92. The zero-order chi connectivity index (χ0) is 21.3. The maximum Gasteiger partial charge on any atom is 0.276 e. The minimum Gasteiger partial charge on any atom is -0.378 e. The molecule has 1 atom stereocenters. The highest BCUT2D eigenvalue weighted by atomic mass is 19.3. The third kappa shape index (κ3) is 4.48. The van der Waals surface area contributed by atoms with E-state index in [4.69, 9.17) is 4.74 Å². The summed E-state index contributed by atoms with van der Waals surface area (Å²) in [7, 11) is 0. The van der Waals surface area contributed by atoms with E-state index in [-0.39, 0.29) is 24.7 Å². The standard InChI is InChI=1S/C18H23F2N7O3/c1-13-2-3-25(22-13)11-16(28)27-12-18(19,20)8-14(27)9-26-10-15(21-23-26)17(29)24-4-6-30-7-5-24/h2-3,10,14H,4-9,11-12H2,1H3/t14-/m0/s1. The summed E-state index contributed by atoms with van der Waals surface area (Å²) in [6.07, 6.45) is 2.61. The van der Waals surface area contributed by atoms with Gasteiger partial charge in [0.1, 0.15) is 6.54 Å². The number of rotatable bonds is 5. The van der Waals surface area contributed by atoms with Crippen molar-refractivity contribution < 1.29 is 23.1 Å². The van der Waals surface area contributed by atoms with Crippen LogP contribution in [-0.4, -0.2) is 91.2 Å². The number of nitrogens with zero attached hydrogens (tertiary/aromatic N) is 7. The van der Waals surface area contributed by atoms with E-state index in [1.165, 1.54) is 20.5 Å². The second kappa shape index (κ2) is 8.09. The van der Waals surface area contributed by atoms with Gasteiger partial charge in [-0.15, -0.1) is 5.10 Å². The lowest BCUT2D eigenvalue weighted by atomic mass is 10.2. The number of alkyl halides is 2. The first kappa shape index (κ1) is 20.4. The predicted molar refractivity (Wildman–Crippen MR) is 98.8 cm³/mol. The highest BCUT2D eigenvalue weighted by Gasteiger charge is 2.47. The molecular weight excluding hydrogens is 400 g/mol. The topological polar surface area (TPSA) is 98.4 Å². The third-order valence-electron chi connectivity index (χ3n) is 5.22. The Hall–Kier alpha value is -2.89. The van der Waals surface area contributed by atoms with E-state index < -0.39 is 30.8 Å². The largest absolute Gasteiger partial charge is 0.378 e. The molecule has 0 unspecified atom stereocenters. The molecule has 4 rings (SSSR count). The van der Waals surface area contributed by atoms with E-state index in [9.17, 15) is 18.4 Å². The SMILES string of the molecule is Cc1ccn(CC(=O)N2CC(F)(F)C[C@H]2Cn2cc(C(=O)N3CCOCC3)nn2)n1. The number of hydrogen-bond donors (Lipinski definition) is 0. The van der Waals surface area contributed by atoms with Crippen LogP contribution in [0.4, 0.5) is 8.78 Å². The van der Waals surface area contributed by atoms with E-state index in [1.54, 1.807) is 24.1 Å². The molecule has 2 aliphatic heterocycles. The van der Waals surface area contributed by atoms with Gasteiger partial charge < -0.3 is 14.5 Å². The molecule has 10 nitrogen and oxygen atoms in total. The molecule has 30 heavy (non-hydrogen) atoms. The number of ether oxygens (including phenoxy) is 1. The number of carbonyl (C=O) groups is 2. The van der Waals surface area contributed by atoms with Gasteiger partial charge in [0, 0.05) is 25.7 Å². The van der Waals surface area contributed by atoms with Crippen molar-refractivity contribution in [2.75, 3.05) is 32.8 Å². The Morgan fingerprint density at radius 1 is 1.27 bits per heavy atom. The fourth-order valence-electron chi connectivity index (χ4n) is 3.76. The number of morpholine rings is 1. The maximum absolute atomic E-state index is 14.1. The predicted octanol–water partition coefficient (Wildman–Crippen LogP) is 0.192. The smallest absolute Gasteiger partial charge is 0.276 e. The third-order valence-corrected chi connectivity index (χ3v) is 5.22. The van der Waals surface area contributed by atoms with E-state index >= 15 is 0 Å². The number of carbonyl (C=O) groups excluding carboxylic acids is 2. The van der Waals surface area contributed by atoms with Crippen molar-refractivity contribution in [1.29, 1.82) is 0 Å². The van der Waals surface area contributed by atoms with Crippen molar-refractivity contribution in [2.24, 2.45) is 0 Å². The quantitative estimate of drug-likeness (QED) is 0.681. The molecule has 12 heteroatoms. The average Bonchev–Trinajstić information content (AvgIpc) is 3.41. The normalized spacial score (nSPS) is 21.2. The van der Waals surface area contributed by atoms with Crippen molar-refractivity contribution in [3.63, 3.8) is 0 Å². The van der Waals surface area contributed by atoms with Gasteiger partial charge in [-0.25, -0.2) is 13.5 Å². The molecule has 0 saturated carbocycles. The van der Waals surface area contributed by atoms with Crippen LogP contribution in [0.25, 0.3) is 0 Å². The highest BCUT2D eigenvalue weighted by molar-refractivity contribution is 5.92. The molecule has 0 N–H and O–H groups in total. The first-order chi connectivity index (χ1) is 14.3. The first-order valence-corrected chi connectivity index (χ1v) is 9.75. The first-order valence-electron chi connectivity index (χ1n) is 9.75. The Morgan fingerprint density at radius 3 is 2.73 bits per heavy atom. The number of hydrogen-bond acceptors (Lipinski definition) is 6. The lowest BCUT2D eigenvalue weighted by Gasteiger charge is -2.25. The Labute approximate surface area is 171 Å². The minimum atomic E-state index is -2.98. The van der Waals surface area contributed by atoms with Crippen LogP contribution in [0.3, 0.4) is 0 Å². The van der Waals surface area contributed by atoms with Crippen LogP contribution in [0.15, 0.2) is 18.5 Å². The van der Waals surface area contributed by atoms with Gasteiger partial charge in [0.25, 0.3) is 11.8 Å². The van der Waals surface area contributed by atoms with Crippen LogP contribution in [0.2, 0.25) is 0 Å². The second-order valence-corrected chi connectivity index (χ2v) is 7.62. The Morgan fingerprint density at radius 2 is 2.03 bits per heavy atom. The summed E-state index contributed by atoms with van der Waals surface area (Å²) < 4.78 is 36.2. The molecule has 162 valence electrons. The fourth-order valence-corrected chi connectivity index (χ4v) is 3.76. The van der Waals surface area contributed by atoms with E-state index in [2.05, 4.69) is 15.4 Å². The summed E-state index contributed by atoms with van der Waals surface area (Å²) in [6, 6.07) is 0.989. The molecule has 2 fully saturated rings. The van der Waals surface area contributed by atoms with Crippen LogP contribution in [0.5, 0.6) is 0 Å². The number of likely N-dealkylation sites (tertiary alicyclic amines) is 1. The Bertz CT molecular complexity index is 923. The molecule has 0 aliphatic carbocycles. The molecule has 2 saturated heterocycles. The van der Waals surface area contributed by atoms with Crippen LogP contribution in [-0.2, 0) is 22.6 Å². The van der Waals surface area contributed by atoms with Crippen LogP contribution < -0.4 is 0 Å². The summed E-state index contributed by atoms with van der Waals surface area (Å²) in [5.41, 5.74) is 0.887. The fraction of sp³-hybridized carbons (Fsp3) is 0.611. The molecule has 2 amide bonds. The Kier molecular flexibility index (Phi) is 5.50. The number of halogens is 2. The van der Waals surface area contributed by atoms with Gasteiger partial charge >= 0.3 is 0 Å². The van der Waals surface area contributed by atoms with Gasteiger partial charge in [0.2, 0.25) is 5.91 Å². The summed E-state index contributed by atoms with van der Waals surface area (Å²) in [5.74, 6) is -3.69. The van der Waals surface area contributed by atoms with E-state index in [1.807, 2.05) is 0 Å². The van der Waals surface area contributed by atoms with Crippen molar-refractivity contribution in [2.45, 2.75) is 38.4 Å². The van der Waals surface area contributed by atoms with E-state index in [0.29, 0.717) is 26.3 Å². The van der Waals surface area contributed by atoms with Crippen molar-refractivity contribution in [1.82, 2.24) is 34.6 Å². The van der Waals surface area contributed by atoms with Gasteiger partial charge in [-0.3, -0.25) is 14.3 Å². The molecule has 2 aromatic heterocycles. The van der Waals surface area contributed by atoms with Gasteiger partial charge in [-0.1, -0.05) is 5.21 Å². The molecule has 0 aromatic carbocycles. The molecular formula is C18H23F2N7O3. The Balaban J connectivity index is 1.43. The highest BCUT2D eigenvalue weighted by Crippen LogP contribution is 2.33. The molecule has 0 spiro atoms. The summed E-state index contributed by atoms with van der Waals surface area (Å²) >= 11 is 0. The van der Waals surface area contributed by atoms with Gasteiger partial charge in [-0.05, 0) is 13.0 Å². The van der Waals surface area contributed by atoms with Crippen molar-refractivity contribution in [3.8, 4) is 0 Å². The molecule has 2 aromatic rings.